The maximum atomic E-state index is 10.8. The Morgan fingerprint density at radius 1 is 1.18 bits per heavy atom. The molecule has 0 spiro atoms. The van der Waals surface area contributed by atoms with Gasteiger partial charge in [-0.05, 0) is 47.9 Å². The lowest BCUT2D eigenvalue weighted by Crippen LogP contribution is -1.99. The molecule has 0 amide bonds. The van der Waals surface area contributed by atoms with E-state index in [0.717, 1.165) is 17.4 Å². The summed E-state index contributed by atoms with van der Waals surface area (Å²) < 4.78 is 5.74. The molecule has 0 saturated heterocycles. The second-order valence-electron chi connectivity index (χ2n) is 4.69. The van der Waals surface area contributed by atoms with E-state index in [9.17, 15) is 14.9 Å². The molecule has 0 aliphatic carbocycles. The Morgan fingerprint density at radius 2 is 1.91 bits per heavy atom. The van der Waals surface area contributed by atoms with E-state index in [1.165, 1.54) is 12.1 Å². The van der Waals surface area contributed by atoms with E-state index in [4.69, 9.17) is 4.74 Å². The van der Waals surface area contributed by atoms with E-state index in [-0.39, 0.29) is 5.69 Å². The number of nitrogens with zero attached hydrogens (tertiary/aromatic N) is 1. The number of nitro benzene ring substituents is 1. The topological polar surface area (TPSA) is 69.4 Å². The van der Waals surface area contributed by atoms with Gasteiger partial charge in [0.2, 0.25) is 0 Å². The second-order valence-corrected chi connectivity index (χ2v) is 4.69. The van der Waals surface area contributed by atoms with Crippen LogP contribution < -0.4 is 4.74 Å². The highest BCUT2D eigenvalue weighted by Gasteiger charge is 2.07. The molecule has 0 N–H and O–H groups in total. The van der Waals surface area contributed by atoms with Crippen LogP contribution in [0.25, 0.3) is 0 Å². The first kappa shape index (κ1) is 15.4. The molecule has 0 radical (unpaired) electrons. The van der Waals surface area contributed by atoms with E-state index < -0.39 is 4.92 Å². The third-order valence-corrected chi connectivity index (χ3v) is 3.13. The number of rotatable bonds is 7. The molecular weight excluding hydrogens is 282 g/mol. The van der Waals surface area contributed by atoms with Crippen LogP contribution in [0, 0.1) is 10.1 Å². The zero-order valence-electron chi connectivity index (χ0n) is 11.9. The van der Waals surface area contributed by atoms with Gasteiger partial charge in [0, 0.05) is 17.7 Å². The lowest BCUT2D eigenvalue weighted by atomic mass is 10.1. The molecule has 2 rings (SSSR count). The quantitative estimate of drug-likeness (QED) is 0.338. The molecule has 112 valence electrons. The van der Waals surface area contributed by atoms with E-state index in [0.29, 0.717) is 24.3 Å². The summed E-state index contributed by atoms with van der Waals surface area (Å²) in [7, 11) is 0. The molecule has 22 heavy (non-hydrogen) atoms. The third-order valence-electron chi connectivity index (χ3n) is 3.13. The van der Waals surface area contributed by atoms with E-state index in [2.05, 4.69) is 6.58 Å². The first-order chi connectivity index (χ1) is 10.6. The fourth-order valence-corrected chi connectivity index (χ4v) is 2.00. The zero-order valence-corrected chi connectivity index (χ0v) is 11.9. The fourth-order valence-electron chi connectivity index (χ4n) is 2.00. The Morgan fingerprint density at radius 3 is 2.50 bits per heavy atom. The van der Waals surface area contributed by atoms with Crippen molar-refractivity contribution in [2.45, 2.75) is 13.0 Å². The summed E-state index contributed by atoms with van der Waals surface area (Å²) in [6.45, 7) is 3.98. The van der Waals surface area contributed by atoms with E-state index in [1.54, 1.807) is 36.4 Å². The number of hydrogen-bond acceptors (Lipinski definition) is 4. The Labute approximate surface area is 128 Å². The highest BCUT2D eigenvalue weighted by atomic mass is 16.6. The number of allylic oxidation sites excluding steroid dienone is 1. The summed E-state index contributed by atoms with van der Waals surface area (Å²) in [5.41, 5.74) is 2.34. The average molecular weight is 297 g/mol. The van der Waals surface area contributed by atoms with Crippen LogP contribution >= 0.6 is 0 Å². The van der Waals surface area contributed by atoms with Crippen molar-refractivity contribution >= 4 is 12.0 Å². The number of non-ortho nitro benzene ring substituents is 1. The summed E-state index contributed by atoms with van der Waals surface area (Å²) in [4.78, 5) is 21.0. The van der Waals surface area contributed by atoms with Gasteiger partial charge in [-0.2, -0.15) is 0 Å². The summed E-state index contributed by atoms with van der Waals surface area (Å²) in [6, 6.07) is 11.4. The van der Waals surface area contributed by atoms with Crippen LogP contribution in [-0.4, -0.2) is 11.2 Å². The van der Waals surface area contributed by atoms with Crippen molar-refractivity contribution in [1.82, 2.24) is 0 Å². The summed E-state index contributed by atoms with van der Waals surface area (Å²) >= 11 is 0. The van der Waals surface area contributed by atoms with Crippen molar-refractivity contribution in [3.05, 3.63) is 81.9 Å². The van der Waals surface area contributed by atoms with Gasteiger partial charge in [0.05, 0.1) is 4.92 Å². The number of carbonyl (C=O) groups excluding carboxylic acids is 1. The minimum Gasteiger partial charge on any atom is -0.489 e. The molecule has 0 bridgehead atoms. The Balaban J connectivity index is 2.11. The normalized spacial score (nSPS) is 10.0. The van der Waals surface area contributed by atoms with Crippen LogP contribution in [0.5, 0.6) is 5.75 Å². The highest BCUT2D eigenvalue weighted by molar-refractivity contribution is 5.75. The number of hydrogen-bond donors (Lipinski definition) is 0. The molecule has 0 fully saturated rings. The molecular formula is C17H15NO4. The van der Waals surface area contributed by atoms with Crippen molar-refractivity contribution in [3.8, 4) is 5.75 Å². The van der Waals surface area contributed by atoms with Gasteiger partial charge in [0.1, 0.15) is 18.6 Å². The molecule has 2 aromatic carbocycles. The second kappa shape index (κ2) is 7.17. The Hall–Kier alpha value is -2.95. The largest absolute Gasteiger partial charge is 0.489 e. The average Bonchev–Trinajstić information content (AvgIpc) is 2.54. The molecule has 0 aromatic heterocycles. The number of nitro groups is 1. The molecule has 5 heteroatoms. The summed E-state index contributed by atoms with van der Waals surface area (Å²) in [5.74, 6) is 0.670. The molecule has 0 heterocycles. The van der Waals surface area contributed by atoms with Gasteiger partial charge in [-0.25, -0.2) is 0 Å². The van der Waals surface area contributed by atoms with Gasteiger partial charge in [-0.1, -0.05) is 6.08 Å². The SMILES string of the molecule is C=CCc1cc(C=O)ccc1OCc1ccc([N+](=O)[O-])cc1. The van der Waals surface area contributed by atoms with Crippen LogP contribution in [0.4, 0.5) is 5.69 Å². The van der Waals surface area contributed by atoms with Crippen LogP contribution in [-0.2, 0) is 13.0 Å². The standard InChI is InChI=1S/C17H15NO4/c1-2-3-15-10-14(11-19)6-9-17(15)22-12-13-4-7-16(8-5-13)18(20)21/h2,4-11H,1,3,12H2. The van der Waals surface area contributed by atoms with Crippen molar-refractivity contribution in [2.75, 3.05) is 0 Å². The Bertz CT molecular complexity index is 692. The zero-order chi connectivity index (χ0) is 15.9. The van der Waals surface area contributed by atoms with Crippen LogP contribution in [0.1, 0.15) is 21.5 Å². The summed E-state index contributed by atoms with van der Waals surface area (Å²) in [5, 5.41) is 10.6. The molecule has 0 aliphatic heterocycles. The number of ether oxygens (including phenoxy) is 1. The monoisotopic (exact) mass is 297 g/mol. The lowest BCUT2D eigenvalue weighted by molar-refractivity contribution is -0.384. The smallest absolute Gasteiger partial charge is 0.269 e. The molecule has 0 aliphatic rings. The lowest BCUT2D eigenvalue weighted by Gasteiger charge is -2.11. The summed E-state index contributed by atoms with van der Waals surface area (Å²) in [6.07, 6.45) is 3.12. The molecule has 2 aromatic rings. The minimum absolute atomic E-state index is 0.0476. The number of benzene rings is 2. The highest BCUT2D eigenvalue weighted by Crippen LogP contribution is 2.22. The maximum Gasteiger partial charge on any atom is 0.269 e. The van der Waals surface area contributed by atoms with Gasteiger partial charge in [0.25, 0.3) is 5.69 Å². The first-order valence-corrected chi connectivity index (χ1v) is 6.69. The van der Waals surface area contributed by atoms with Gasteiger partial charge < -0.3 is 4.74 Å². The van der Waals surface area contributed by atoms with E-state index in [1.807, 2.05) is 0 Å². The first-order valence-electron chi connectivity index (χ1n) is 6.69. The Kier molecular flexibility index (Phi) is 5.03. The van der Waals surface area contributed by atoms with Crippen molar-refractivity contribution in [1.29, 1.82) is 0 Å². The van der Waals surface area contributed by atoms with Gasteiger partial charge in [-0.3, -0.25) is 14.9 Å². The molecule has 0 unspecified atom stereocenters. The molecule has 0 atom stereocenters. The number of aldehydes is 1. The minimum atomic E-state index is -0.440. The van der Waals surface area contributed by atoms with Gasteiger partial charge in [0.15, 0.2) is 0 Å². The fraction of sp³-hybridized carbons (Fsp3) is 0.118. The molecule has 5 nitrogen and oxygen atoms in total. The van der Waals surface area contributed by atoms with Crippen molar-refractivity contribution in [3.63, 3.8) is 0 Å². The third kappa shape index (κ3) is 3.79. The van der Waals surface area contributed by atoms with Gasteiger partial charge >= 0.3 is 0 Å². The number of carbonyl (C=O) groups is 1. The predicted octanol–water partition coefficient (Wildman–Crippen LogP) is 3.71. The molecule has 0 saturated carbocycles. The van der Waals surface area contributed by atoms with Crippen LogP contribution in [0.2, 0.25) is 0 Å². The predicted molar refractivity (Wildman–Crippen MR) is 83.2 cm³/mol. The van der Waals surface area contributed by atoms with Crippen molar-refractivity contribution < 1.29 is 14.5 Å². The van der Waals surface area contributed by atoms with E-state index >= 15 is 0 Å². The van der Waals surface area contributed by atoms with Gasteiger partial charge in [-0.15, -0.1) is 6.58 Å². The maximum absolute atomic E-state index is 10.8. The van der Waals surface area contributed by atoms with Crippen LogP contribution in [0.15, 0.2) is 55.1 Å². The van der Waals surface area contributed by atoms with Crippen molar-refractivity contribution in [2.24, 2.45) is 0 Å². The van der Waals surface area contributed by atoms with Crippen LogP contribution in [0.3, 0.4) is 0 Å².